The van der Waals surface area contributed by atoms with Gasteiger partial charge in [-0.2, -0.15) is 0 Å². The van der Waals surface area contributed by atoms with Crippen LogP contribution < -0.4 is 23.7 Å². The predicted octanol–water partition coefficient (Wildman–Crippen LogP) is 5.76. The van der Waals surface area contributed by atoms with Gasteiger partial charge in [0.15, 0.2) is 18.9 Å². The van der Waals surface area contributed by atoms with E-state index < -0.39 is 24.2 Å². The molecule has 9 heteroatoms. The summed E-state index contributed by atoms with van der Waals surface area (Å²) in [7, 11) is 4.00. The molecule has 0 N–H and O–H groups in total. The summed E-state index contributed by atoms with van der Waals surface area (Å²) in [6, 6.07) is 23.8. The molecule has 0 aliphatic heterocycles. The van der Waals surface area contributed by atoms with E-state index in [-0.39, 0.29) is 5.75 Å². The van der Waals surface area contributed by atoms with Crippen LogP contribution in [0.1, 0.15) is 46.0 Å². The van der Waals surface area contributed by atoms with Crippen molar-refractivity contribution in [1.29, 1.82) is 0 Å². The van der Waals surface area contributed by atoms with E-state index in [2.05, 4.69) is 11.1 Å². The molecule has 0 radical (unpaired) electrons. The van der Waals surface area contributed by atoms with E-state index in [0.717, 1.165) is 23.7 Å². The smallest absolute Gasteiger partial charge is 0.343 e. The molecule has 0 saturated heterocycles. The molecule has 4 rings (SSSR count). The quantitative estimate of drug-likeness (QED) is 0.0633. The van der Waals surface area contributed by atoms with Crippen molar-refractivity contribution < 1.29 is 37.9 Å². The molecule has 3 aromatic carbocycles. The van der Waals surface area contributed by atoms with Gasteiger partial charge in [0.2, 0.25) is 6.29 Å². The minimum absolute atomic E-state index is 0.287. The highest BCUT2D eigenvalue weighted by molar-refractivity contribution is 5.92. The lowest BCUT2D eigenvalue weighted by Gasteiger charge is -2.18. The van der Waals surface area contributed by atoms with Gasteiger partial charge in [0.25, 0.3) is 0 Å². The van der Waals surface area contributed by atoms with Crippen LogP contribution in [-0.2, 0) is 16.1 Å². The molecular weight excluding hydrogens is 560 g/mol. The monoisotopic (exact) mass is 595 g/mol. The molecule has 226 valence electrons. The number of aromatic nitrogens is 1. The molecular formula is C35H35N2O7+. The number of benzene rings is 3. The van der Waals surface area contributed by atoms with Gasteiger partial charge in [-0.3, -0.25) is 0 Å². The Balaban J connectivity index is 1.28. The highest BCUT2D eigenvalue weighted by Crippen LogP contribution is 2.22. The minimum Gasteiger partial charge on any atom is -0.455 e. The molecule has 1 atom stereocenters. The van der Waals surface area contributed by atoms with Gasteiger partial charge in [0, 0.05) is 50.0 Å². The van der Waals surface area contributed by atoms with Crippen LogP contribution in [0.4, 0.5) is 5.69 Å². The molecule has 0 aliphatic carbocycles. The second kappa shape index (κ2) is 15.2. The Morgan fingerprint density at radius 3 is 1.75 bits per heavy atom. The second-order valence-corrected chi connectivity index (χ2v) is 10.1. The Kier molecular flexibility index (Phi) is 10.8. The van der Waals surface area contributed by atoms with E-state index in [9.17, 15) is 14.4 Å². The second-order valence-electron chi connectivity index (χ2n) is 10.1. The molecule has 1 aromatic heterocycles. The van der Waals surface area contributed by atoms with Gasteiger partial charge in [-0.05, 0) is 67.1 Å². The van der Waals surface area contributed by atoms with Crippen LogP contribution in [0.5, 0.6) is 17.2 Å². The maximum Gasteiger partial charge on any atom is 0.343 e. The fourth-order valence-electron chi connectivity index (χ4n) is 4.09. The summed E-state index contributed by atoms with van der Waals surface area (Å²) in [5.41, 5.74) is 2.89. The standard InChI is InChI=1S/C35H35N2O7/c1-5-7-33(44-32(38)6-2)41-29-14-12-27(13-15-29)35(40)43-31-18-16-30(17-19-31)42-34(39)26-10-8-25(9-11-26)24-37-22-20-28(21-23-37)36(3)4/h6,8-23,33H,2,5,7,24H2,1,3-4H3/q+1. The number of nitrogens with zero attached hydrogens (tertiary/aromatic N) is 2. The average Bonchev–Trinajstić information content (AvgIpc) is 3.03. The van der Waals surface area contributed by atoms with Gasteiger partial charge in [-0.25, -0.2) is 19.0 Å². The van der Waals surface area contributed by atoms with E-state index in [1.54, 1.807) is 60.7 Å². The van der Waals surface area contributed by atoms with Crippen molar-refractivity contribution in [1.82, 2.24) is 0 Å². The molecule has 1 unspecified atom stereocenters. The summed E-state index contributed by atoms with van der Waals surface area (Å²) < 4.78 is 23.9. The zero-order valence-corrected chi connectivity index (χ0v) is 25.0. The Morgan fingerprint density at radius 2 is 1.27 bits per heavy atom. The lowest BCUT2D eigenvalue weighted by molar-refractivity contribution is -0.688. The largest absolute Gasteiger partial charge is 0.455 e. The lowest BCUT2D eigenvalue weighted by Crippen LogP contribution is -2.33. The topological polar surface area (TPSA) is 95.2 Å². The van der Waals surface area contributed by atoms with Crippen molar-refractivity contribution in [2.24, 2.45) is 0 Å². The van der Waals surface area contributed by atoms with Gasteiger partial charge in [0.1, 0.15) is 17.2 Å². The fourth-order valence-corrected chi connectivity index (χ4v) is 4.09. The van der Waals surface area contributed by atoms with Crippen molar-refractivity contribution in [3.8, 4) is 17.2 Å². The van der Waals surface area contributed by atoms with Crippen LogP contribution in [0, 0.1) is 0 Å². The number of ether oxygens (including phenoxy) is 4. The SMILES string of the molecule is C=CC(=O)OC(CCC)Oc1ccc(C(=O)Oc2ccc(OC(=O)c3ccc(C[n+]4ccc(N(C)C)cc4)cc3)cc2)cc1. The lowest BCUT2D eigenvalue weighted by atomic mass is 10.1. The van der Waals surface area contributed by atoms with Crippen molar-refractivity contribution in [2.45, 2.75) is 32.6 Å². The van der Waals surface area contributed by atoms with E-state index >= 15 is 0 Å². The summed E-state index contributed by atoms with van der Waals surface area (Å²) in [5, 5.41) is 0. The number of carbonyl (C=O) groups excluding carboxylic acids is 3. The van der Waals surface area contributed by atoms with Crippen molar-refractivity contribution in [2.75, 3.05) is 19.0 Å². The molecule has 4 aromatic rings. The number of esters is 3. The van der Waals surface area contributed by atoms with Gasteiger partial charge < -0.3 is 23.8 Å². The Hall–Kier alpha value is -5.44. The third-order valence-corrected chi connectivity index (χ3v) is 6.49. The van der Waals surface area contributed by atoms with Crippen LogP contribution in [0.15, 0.2) is 110 Å². The molecule has 0 amide bonds. The highest BCUT2D eigenvalue weighted by Gasteiger charge is 2.15. The molecule has 9 nitrogen and oxygen atoms in total. The van der Waals surface area contributed by atoms with Crippen LogP contribution in [0.25, 0.3) is 0 Å². The first-order valence-corrected chi connectivity index (χ1v) is 14.1. The highest BCUT2D eigenvalue weighted by atomic mass is 16.7. The number of rotatable bonds is 13. The third-order valence-electron chi connectivity index (χ3n) is 6.49. The van der Waals surface area contributed by atoms with Crippen molar-refractivity contribution in [3.05, 3.63) is 127 Å². The number of carbonyl (C=O) groups is 3. The van der Waals surface area contributed by atoms with Gasteiger partial charge in [-0.1, -0.05) is 25.6 Å². The Labute approximate surface area is 256 Å². The number of hydrogen-bond acceptors (Lipinski definition) is 8. The number of anilines is 1. The zero-order chi connectivity index (χ0) is 31.5. The average molecular weight is 596 g/mol. The first kappa shape index (κ1) is 31.5. The molecule has 0 fully saturated rings. The molecule has 1 heterocycles. The molecule has 0 saturated carbocycles. The van der Waals surface area contributed by atoms with Crippen LogP contribution in [-0.4, -0.2) is 38.3 Å². The van der Waals surface area contributed by atoms with Crippen molar-refractivity contribution in [3.63, 3.8) is 0 Å². The van der Waals surface area contributed by atoms with Crippen LogP contribution in [0.2, 0.25) is 0 Å². The molecule has 0 aliphatic rings. The van der Waals surface area contributed by atoms with E-state index in [4.69, 9.17) is 18.9 Å². The maximum atomic E-state index is 12.7. The van der Waals surface area contributed by atoms with E-state index in [1.807, 2.05) is 62.6 Å². The first-order chi connectivity index (χ1) is 21.2. The minimum atomic E-state index is -0.758. The van der Waals surface area contributed by atoms with Crippen molar-refractivity contribution >= 4 is 23.6 Å². The molecule has 0 spiro atoms. The predicted molar refractivity (Wildman–Crippen MR) is 165 cm³/mol. The maximum absolute atomic E-state index is 12.7. The van der Waals surface area contributed by atoms with E-state index in [0.29, 0.717) is 35.6 Å². The third kappa shape index (κ3) is 9.03. The summed E-state index contributed by atoms with van der Waals surface area (Å²) >= 11 is 0. The van der Waals surface area contributed by atoms with E-state index in [1.165, 1.54) is 0 Å². The summed E-state index contributed by atoms with van der Waals surface area (Å²) in [5.74, 6) is -0.601. The van der Waals surface area contributed by atoms with Gasteiger partial charge >= 0.3 is 17.9 Å². The first-order valence-electron chi connectivity index (χ1n) is 14.1. The Morgan fingerprint density at radius 1 is 0.773 bits per heavy atom. The Bertz CT molecular complexity index is 1560. The number of pyridine rings is 1. The number of hydrogen-bond donors (Lipinski definition) is 0. The summed E-state index contributed by atoms with van der Waals surface area (Å²) in [4.78, 5) is 38.9. The fraction of sp³-hybridized carbons (Fsp3) is 0.200. The van der Waals surface area contributed by atoms with Gasteiger partial charge in [-0.15, -0.1) is 0 Å². The van der Waals surface area contributed by atoms with Crippen LogP contribution >= 0.6 is 0 Å². The summed E-state index contributed by atoms with van der Waals surface area (Å²) in [6.07, 6.45) is 5.60. The summed E-state index contributed by atoms with van der Waals surface area (Å²) in [6.45, 7) is 6.01. The van der Waals surface area contributed by atoms with Crippen LogP contribution in [0.3, 0.4) is 0 Å². The molecule has 44 heavy (non-hydrogen) atoms. The normalized spacial score (nSPS) is 11.2. The van der Waals surface area contributed by atoms with Gasteiger partial charge in [0.05, 0.1) is 11.1 Å². The molecule has 0 bridgehead atoms. The zero-order valence-electron chi connectivity index (χ0n) is 25.0.